The van der Waals surface area contributed by atoms with E-state index in [2.05, 4.69) is 25.3 Å². The molecule has 10 heteroatoms. The van der Waals surface area contributed by atoms with Gasteiger partial charge in [0.05, 0.1) is 16.3 Å². The van der Waals surface area contributed by atoms with Crippen LogP contribution in [-0.4, -0.2) is 44.6 Å². The highest BCUT2D eigenvalue weighted by Crippen LogP contribution is 2.35. The molecule has 0 saturated carbocycles. The van der Waals surface area contributed by atoms with Crippen LogP contribution >= 0.6 is 11.3 Å². The number of carbonyl (C=O) groups is 1. The van der Waals surface area contributed by atoms with Crippen LogP contribution in [0.25, 0.3) is 16.8 Å². The minimum absolute atomic E-state index is 0.00119. The lowest BCUT2D eigenvalue weighted by molar-refractivity contribution is 0.0937. The summed E-state index contributed by atoms with van der Waals surface area (Å²) >= 11 is 1.49. The Bertz CT molecular complexity index is 1300. The SMILES string of the molecule is Cc1ccc(C(=O)N[C@@H]2CCCN(c3cc(-c4ccnc(F)c4)n4ncnc(N)c34)C2)s1. The van der Waals surface area contributed by atoms with Crippen LogP contribution in [-0.2, 0) is 0 Å². The van der Waals surface area contributed by atoms with Gasteiger partial charge in [0.2, 0.25) is 5.95 Å². The van der Waals surface area contributed by atoms with Gasteiger partial charge in [0.1, 0.15) is 11.8 Å². The van der Waals surface area contributed by atoms with Gasteiger partial charge < -0.3 is 16.0 Å². The molecule has 4 aromatic rings. The normalized spacial score (nSPS) is 16.4. The smallest absolute Gasteiger partial charge is 0.261 e. The summed E-state index contributed by atoms with van der Waals surface area (Å²) in [5, 5.41) is 7.52. The van der Waals surface area contributed by atoms with Crippen LogP contribution in [0.4, 0.5) is 15.9 Å². The predicted octanol–water partition coefficient (Wildman–Crippen LogP) is 3.28. The average Bonchev–Trinajstić information content (AvgIpc) is 3.39. The maximum atomic E-state index is 13.8. The second kappa shape index (κ2) is 8.19. The Morgan fingerprint density at radius 2 is 2.16 bits per heavy atom. The summed E-state index contributed by atoms with van der Waals surface area (Å²) < 4.78 is 15.5. The van der Waals surface area contributed by atoms with Gasteiger partial charge in [-0.05, 0) is 44.0 Å². The number of fused-ring (bicyclic) bond motifs is 1. The van der Waals surface area contributed by atoms with Crippen molar-refractivity contribution in [3.05, 3.63) is 58.6 Å². The predicted molar refractivity (Wildman–Crippen MR) is 122 cm³/mol. The highest BCUT2D eigenvalue weighted by molar-refractivity contribution is 7.13. The van der Waals surface area contributed by atoms with Crippen LogP contribution in [0.5, 0.6) is 0 Å². The van der Waals surface area contributed by atoms with Crippen LogP contribution in [0.2, 0.25) is 0 Å². The number of aromatic nitrogens is 4. The number of pyridine rings is 1. The fourth-order valence-electron chi connectivity index (χ4n) is 4.18. The van der Waals surface area contributed by atoms with Gasteiger partial charge in [-0.1, -0.05) is 0 Å². The molecular weight excluding hydrogens is 429 g/mol. The summed E-state index contributed by atoms with van der Waals surface area (Å²) in [6, 6.07) is 8.85. The minimum Gasteiger partial charge on any atom is -0.382 e. The molecule has 3 N–H and O–H groups in total. The van der Waals surface area contributed by atoms with E-state index < -0.39 is 5.95 Å². The summed E-state index contributed by atoms with van der Waals surface area (Å²) in [4.78, 5) is 24.5. The molecule has 0 aliphatic carbocycles. The van der Waals surface area contributed by atoms with Crippen LogP contribution < -0.4 is 16.0 Å². The third-order valence-corrected chi connectivity index (χ3v) is 6.65. The van der Waals surface area contributed by atoms with Crippen molar-refractivity contribution in [3.8, 4) is 11.3 Å². The van der Waals surface area contributed by atoms with Crippen molar-refractivity contribution in [2.24, 2.45) is 0 Å². The monoisotopic (exact) mass is 451 g/mol. The summed E-state index contributed by atoms with van der Waals surface area (Å²) in [5.74, 6) is -0.269. The third-order valence-electron chi connectivity index (χ3n) is 5.65. The lowest BCUT2D eigenvalue weighted by atomic mass is 10.0. The number of hydrogen-bond donors (Lipinski definition) is 2. The topological polar surface area (TPSA) is 101 Å². The van der Waals surface area contributed by atoms with Crippen molar-refractivity contribution in [1.29, 1.82) is 0 Å². The van der Waals surface area contributed by atoms with E-state index in [1.165, 1.54) is 29.9 Å². The Balaban J connectivity index is 1.47. The number of anilines is 2. The number of halogens is 1. The van der Waals surface area contributed by atoms with Crippen molar-refractivity contribution in [2.45, 2.75) is 25.8 Å². The average molecular weight is 452 g/mol. The van der Waals surface area contributed by atoms with Gasteiger partial charge in [0.25, 0.3) is 5.91 Å². The summed E-state index contributed by atoms with van der Waals surface area (Å²) in [6.07, 6.45) is 4.62. The highest BCUT2D eigenvalue weighted by atomic mass is 32.1. The molecule has 5 rings (SSSR count). The van der Waals surface area contributed by atoms with Gasteiger partial charge in [-0.25, -0.2) is 14.5 Å². The van der Waals surface area contributed by atoms with E-state index in [0.29, 0.717) is 34.0 Å². The lowest BCUT2D eigenvalue weighted by Crippen LogP contribution is -2.47. The maximum Gasteiger partial charge on any atom is 0.261 e. The zero-order valence-corrected chi connectivity index (χ0v) is 18.3. The van der Waals surface area contributed by atoms with E-state index in [1.807, 2.05) is 25.1 Å². The molecule has 164 valence electrons. The van der Waals surface area contributed by atoms with E-state index in [1.54, 1.807) is 10.6 Å². The van der Waals surface area contributed by atoms with Crippen molar-refractivity contribution in [3.63, 3.8) is 0 Å². The number of nitrogen functional groups attached to an aromatic ring is 1. The molecule has 0 spiro atoms. The number of thiophene rings is 1. The molecule has 1 atom stereocenters. The summed E-state index contributed by atoms with van der Waals surface area (Å²) in [6.45, 7) is 3.43. The largest absolute Gasteiger partial charge is 0.382 e. The van der Waals surface area contributed by atoms with Gasteiger partial charge in [0, 0.05) is 41.8 Å². The van der Waals surface area contributed by atoms with Crippen molar-refractivity contribution in [2.75, 3.05) is 23.7 Å². The Hall–Kier alpha value is -3.53. The van der Waals surface area contributed by atoms with Gasteiger partial charge in [-0.15, -0.1) is 11.3 Å². The third kappa shape index (κ3) is 3.77. The number of aryl methyl sites for hydroxylation is 1. The van der Waals surface area contributed by atoms with Crippen molar-refractivity contribution >= 4 is 34.3 Å². The molecule has 4 aromatic heterocycles. The number of nitrogens with one attached hydrogen (secondary N) is 1. The Labute approximate surface area is 187 Å². The summed E-state index contributed by atoms with van der Waals surface area (Å²) in [5.41, 5.74) is 9.10. The molecule has 1 amide bonds. The quantitative estimate of drug-likeness (QED) is 0.462. The number of hydrogen-bond acceptors (Lipinski definition) is 7. The first-order valence-electron chi connectivity index (χ1n) is 10.4. The van der Waals surface area contributed by atoms with E-state index in [-0.39, 0.29) is 11.9 Å². The number of rotatable bonds is 4. The van der Waals surface area contributed by atoms with E-state index in [0.717, 1.165) is 30.0 Å². The minimum atomic E-state index is -0.564. The van der Waals surface area contributed by atoms with Crippen LogP contribution in [0.1, 0.15) is 27.4 Å². The van der Waals surface area contributed by atoms with Crippen molar-refractivity contribution in [1.82, 2.24) is 24.9 Å². The molecule has 32 heavy (non-hydrogen) atoms. The summed E-state index contributed by atoms with van der Waals surface area (Å²) in [7, 11) is 0. The van der Waals surface area contributed by atoms with E-state index in [4.69, 9.17) is 5.73 Å². The second-order valence-corrected chi connectivity index (χ2v) is 9.14. The van der Waals surface area contributed by atoms with Gasteiger partial charge >= 0.3 is 0 Å². The molecule has 1 saturated heterocycles. The van der Waals surface area contributed by atoms with Crippen LogP contribution in [0.15, 0.2) is 42.9 Å². The van der Waals surface area contributed by atoms with Gasteiger partial charge in [-0.3, -0.25) is 4.79 Å². The number of nitrogens with zero attached hydrogens (tertiary/aromatic N) is 5. The highest BCUT2D eigenvalue weighted by Gasteiger charge is 2.26. The Kier molecular flexibility index (Phi) is 5.22. The molecule has 1 fully saturated rings. The Morgan fingerprint density at radius 1 is 1.28 bits per heavy atom. The molecule has 0 aromatic carbocycles. The lowest BCUT2D eigenvalue weighted by Gasteiger charge is -2.34. The van der Waals surface area contributed by atoms with Crippen LogP contribution in [0, 0.1) is 12.9 Å². The van der Waals surface area contributed by atoms with E-state index in [9.17, 15) is 9.18 Å². The molecule has 0 bridgehead atoms. The van der Waals surface area contributed by atoms with Crippen LogP contribution in [0.3, 0.4) is 0 Å². The molecule has 0 unspecified atom stereocenters. The second-order valence-electron chi connectivity index (χ2n) is 7.86. The molecule has 1 aliphatic heterocycles. The first kappa shape index (κ1) is 20.4. The van der Waals surface area contributed by atoms with Gasteiger partial charge in [0.15, 0.2) is 5.82 Å². The van der Waals surface area contributed by atoms with E-state index >= 15 is 0 Å². The number of amides is 1. The zero-order chi connectivity index (χ0) is 22.2. The first-order valence-corrected chi connectivity index (χ1v) is 11.2. The first-order chi connectivity index (χ1) is 15.5. The fraction of sp³-hybridized carbons (Fsp3) is 0.273. The molecule has 8 nitrogen and oxygen atoms in total. The zero-order valence-electron chi connectivity index (χ0n) is 17.5. The number of nitrogens with two attached hydrogens (primary N) is 1. The molecule has 5 heterocycles. The Morgan fingerprint density at radius 3 is 2.94 bits per heavy atom. The molecular formula is C22H22FN7OS. The number of piperidine rings is 1. The molecule has 0 radical (unpaired) electrons. The standard InChI is InChI=1S/C22H22FN7OS/c1-13-4-5-18(32-13)22(31)28-15-3-2-8-29(11-15)17-10-16(14-6-7-25-19(23)9-14)30-20(17)21(24)26-12-27-30/h4-7,9-10,12,15H,2-3,8,11H2,1H3,(H,28,31)(H2,24,26,27)/t15-/m1/s1. The number of carbonyl (C=O) groups excluding carboxylic acids is 1. The molecule has 1 aliphatic rings. The van der Waals surface area contributed by atoms with Gasteiger partial charge in [-0.2, -0.15) is 9.49 Å². The fourth-order valence-corrected chi connectivity index (χ4v) is 4.95. The maximum absolute atomic E-state index is 13.8. The van der Waals surface area contributed by atoms with Crippen molar-refractivity contribution < 1.29 is 9.18 Å².